The highest BCUT2D eigenvalue weighted by Crippen LogP contribution is 2.31. The number of benzene rings is 1. The summed E-state index contributed by atoms with van der Waals surface area (Å²) in [6.07, 6.45) is -4.41. The lowest BCUT2D eigenvalue weighted by Crippen LogP contribution is -2.44. The number of carbonyl (C=O) groups is 2. The van der Waals surface area contributed by atoms with Crippen LogP contribution < -0.4 is 4.74 Å². The number of Topliss-reactive ketones (excluding diaryl/α,β-unsaturated/α-hetero) is 1. The summed E-state index contributed by atoms with van der Waals surface area (Å²) in [5, 5.41) is 0. The molecule has 1 unspecified atom stereocenters. The topological polar surface area (TPSA) is 46.6 Å². The number of nitrogens with zero attached hydrogens (tertiary/aromatic N) is 1. The van der Waals surface area contributed by atoms with Gasteiger partial charge < -0.3 is 9.64 Å². The third-order valence-corrected chi connectivity index (χ3v) is 4.50. The smallest absolute Gasteiger partial charge is 0.416 e. The monoisotopic (exact) mass is 343 g/mol. The van der Waals surface area contributed by atoms with Gasteiger partial charge >= 0.3 is 6.18 Å². The molecule has 1 heterocycles. The van der Waals surface area contributed by atoms with Crippen LogP contribution in [0.1, 0.15) is 26.3 Å². The summed E-state index contributed by atoms with van der Waals surface area (Å²) < 4.78 is 42.8. The van der Waals surface area contributed by atoms with Gasteiger partial charge in [-0.2, -0.15) is 13.2 Å². The molecular formula is C17H20F3NO3. The van der Waals surface area contributed by atoms with Crippen LogP contribution in [-0.2, 0) is 15.8 Å². The van der Waals surface area contributed by atoms with Gasteiger partial charge in [0.2, 0.25) is 0 Å². The fourth-order valence-corrected chi connectivity index (χ4v) is 3.00. The molecule has 1 saturated heterocycles. The van der Waals surface area contributed by atoms with Crippen LogP contribution in [0.3, 0.4) is 0 Å². The summed E-state index contributed by atoms with van der Waals surface area (Å²) in [6, 6.07) is 3.68. The molecule has 1 aromatic rings. The molecule has 24 heavy (non-hydrogen) atoms. The van der Waals surface area contributed by atoms with E-state index in [-0.39, 0.29) is 35.9 Å². The van der Waals surface area contributed by atoms with E-state index in [2.05, 4.69) is 0 Å². The number of carbonyl (C=O) groups excluding carboxylic acids is 2. The van der Waals surface area contributed by atoms with Crippen molar-refractivity contribution >= 4 is 11.7 Å². The van der Waals surface area contributed by atoms with Gasteiger partial charge in [0, 0.05) is 6.54 Å². The predicted molar refractivity (Wildman–Crippen MR) is 81.4 cm³/mol. The first-order chi connectivity index (χ1) is 11.1. The fraction of sp³-hybridized carbons (Fsp3) is 0.529. The normalized spacial score (nSPS) is 24.1. The quantitative estimate of drug-likeness (QED) is 0.844. The molecule has 132 valence electrons. The van der Waals surface area contributed by atoms with Gasteiger partial charge in [-0.25, -0.2) is 0 Å². The van der Waals surface area contributed by atoms with Crippen LogP contribution in [0.2, 0.25) is 0 Å². The minimum atomic E-state index is -4.41. The van der Waals surface area contributed by atoms with Crippen LogP contribution in [0.5, 0.6) is 5.75 Å². The Morgan fingerprint density at radius 2 is 1.79 bits per heavy atom. The molecule has 0 spiro atoms. The van der Waals surface area contributed by atoms with Gasteiger partial charge in [-0.05, 0) is 43.0 Å². The van der Waals surface area contributed by atoms with E-state index in [4.69, 9.17) is 4.74 Å². The van der Waals surface area contributed by atoms with Crippen molar-refractivity contribution in [2.75, 3.05) is 13.2 Å². The van der Waals surface area contributed by atoms with E-state index in [0.717, 1.165) is 12.1 Å². The minimum absolute atomic E-state index is 0.0671. The van der Waals surface area contributed by atoms with Gasteiger partial charge in [0.15, 0.2) is 12.4 Å². The Morgan fingerprint density at radius 3 is 2.29 bits per heavy atom. The number of hydrogen-bond acceptors (Lipinski definition) is 3. The van der Waals surface area contributed by atoms with Gasteiger partial charge in [-0.15, -0.1) is 0 Å². The maximum atomic E-state index is 12.5. The highest BCUT2D eigenvalue weighted by Gasteiger charge is 2.41. The number of rotatable bonds is 4. The molecule has 0 aliphatic carbocycles. The Balaban J connectivity index is 1.99. The molecule has 3 atom stereocenters. The van der Waals surface area contributed by atoms with Crippen molar-refractivity contribution in [3.8, 4) is 5.75 Å². The molecule has 0 bridgehead atoms. The summed E-state index contributed by atoms with van der Waals surface area (Å²) in [6.45, 7) is 5.52. The molecule has 2 rings (SSSR count). The molecule has 4 nitrogen and oxygen atoms in total. The van der Waals surface area contributed by atoms with Crippen molar-refractivity contribution in [2.45, 2.75) is 33.0 Å². The highest BCUT2D eigenvalue weighted by atomic mass is 19.4. The Bertz CT molecular complexity index is 613. The molecular weight excluding hydrogens is 323 g/mol. The lowest BCUT2D eigenvalue weighted by molar-refractivity contribution is -0.139. The zero-order valence-corrected chi connectivity index (χ0v) is 13.8. The maximum Gasteiger partial charge on any atom is 0.416 e. The second kappa shape index (κ2) is 6.83. The van der Waals surface area contributed by atoms with E-state index < -0.39 is 17.8 Å². The summed E-state index contributed by atoms with van der Waals surface area (Å²) in [5.41, 5.74) is -0.778. The van der Waals surface area contributed by atoms with Crippen molar-refractivity contribution in [3.63, 3.8) is 0 Å². The third kappa shape index (κ3) is 3.88. The zero-order valence-electron chi connectivity index (χ0n) is 13.8. The molecule has 1 aromatic carbocycles. The van der Waals surface area contributed by atoms with Gasteiger partial charge in [-0.1, -0.05) is 13.8 Å². The van der Waals surface area contributed by atoms with E-state index in [1.54, 1.807) is 0 Å². The van der Waals surface area contributed by atoms with Crippen LogP contribution >= 0.6 is 0 Å². The molecule has 0 aromatic heterocycles. The summed E-state index contributed by atoms with van der Waals surface area (Å²) in [5.74, 6) is 0.0310. The predicted octanol–water partition coefficient (Wildman–Crippen LogP) is 3.16. The molecule has 0 N–H and O–H groups in total. The van der Waals surface area contributed by atoms with Crippen molar-refractivity contribution in [2.24, 2.45) is 11.8 Å². The summed E-state index contributed by atoms with van der Waals surface area (Å²) in [7, 11) is 0. The van der Waals surface area contributed by atoms with Crippen LogP contribution in [0, 0.1) is 11.8 Å². The second-order valence-corrected chi connectivity index (χ2v) is 6.25. The molecule has 7 heteroatoms. The Kier molecular flexibility index (Phi) is 5.20. The largest absolute Gasteiger partial charge is 0.484 e. The zero-order chi connectivity index (χ0) is 18.1. The first-order valence-corrected chi connectivity index (χ1v) is 7.71. The van der Waals surface area contributed by atoms with Crippen molar-refractivity contribution in [3.05, 3.63) is 29.8 Å². The van der Waals surface area contributed by atoms with Crippen molar-refractivity contribution in [1.82, 2.24) is 4.90 Å². The number of likely N-dealkylation sites (tertiary alicyclic amines) is 1. The lowest BCUT2D eigenvalue weighted by atomic mass is 9.92. The van der Waals surface area contributed by atoms with E-state index in [0.29, 0.717) is 6.54 Å². The standard InChI is InChI=1S/C17H20F3NO3/c1-10-8-21(16(11(10)2)12(3)22)15(23)9-24-14-6-4-13(5-7-14)17(18,19)20/h4-7,10-11,16H,8-9H2,1-3H3/t10-,11-,16?/m0/s1. The molecule has 1 amide bonds. The number of amides is 1. The summed E-state index contributed by atoms with van der Waals surface area (Å²) >= 11 is 0. The number of halogens is 3. The van der Waals surface area contributed by atoms with Crippen LogP contribution in [-0.4, -0.2) is 35.8 Å². The second-order valence-electron chi connectivity index (χ2n) is 6.25. The number of hydrogen-bond donors (Lipinski definition) is 0. The first kappa shape index (κ1) is 18.3. The molecule has 1 fully saturated rings. The van der Waals surface area contributed by atoms with Gasteiger partial charge in [0.05, 0.1) is 11.6 Å². The van der Waals surface area contributed by atoms with Crippen molar-refractivity contribution in [1.29, 1.82) is 0 Å². The number of alkyl halides is 3. The maximum absolute atomic E-state index is 12.5. The first-order valence-electron chi connectivity index (χ1n) is 7.71. The lowest BCUT2D eigenvalue weighted by Gasteiger charge is -2.24. The van der Waals surface area contributed by atoms with Gasteiger partial charge in [0.1, 0.15) is 5.75 Å². The van der Waals surface area contributed by atoms with Crippen LogP contribution in [0.4, 0.5) is 13.2 Å². The Morgan fingerprint density at radius 1 is 1.21 bits per heavy atom. The van der Waals surface area contributed by atoms with E-state index in [1.807, 2.05) is 13.8 Å². The number of ketones is 1. The average Bonchev–Trinajstić information content (AvgIpc) is 2.80. The molecule has 0 saturated carbocycles. The van der Waals surface area contributed by atoms with Gasteiger partial charge in [0.25, 0.3) is 5.91 Å². The van der Waals surface area contributed by atoms with Crippen molar-refractivity contribution < 1.29 is 27.5 Å². The number of ether oxygens (including phenoxy) is 1. The van der Waals surface area contributed by atoms with E-state index in [9.17, 15) is 22.8 Å². The van der Waals surface area contributed by atoms with Crippen LogP contribution in [0.25, 0.3) is 0 Å². The average molecular weight is 343 g/mol. The molecule has 1 aliphatic rings. The molecule has 0 radical (unpaired) electrons. The third-order valence-electron chi connectivity index (χ3n) is 4.50. The SMILES string of the molecule is CC(=O)C1[C@@H](C)[C@@H](C)CN1C(=O)COc1ccc(C(F)(F)F)cc1. The Hall–Kier alpha value is -2.05. The molecule has 1 aliphatic heterocycles. The summed E-state index contributed by atoms with van der Waals surface area (Å²) in [4.78, 5) is 25.6. The van der Waals surface area contributed by atoms with E-state index in [1.165, 1.54) is 24.0 Å². The van der Waals surface area contributed by atoms with E-state index >= 15 is 0 Å². The Labute approximate surface area is 138 Å². The van der Waals surface area contributed by atoms with Gasteiger partial charge in [-0.3, -0.25) is 9.59 Å². The highest BCUT2D eigenvalue weighted by molar-refractivity contribution is 5.89. The van der Waals surface area contributed by atoms with Crippen LogP contribution in [0.15, 0.2) is 24.3 Å². The minimum Gasteiger partial charge on any atom is -0.484 e. The fourth-order valence-electron chi connectivity index (χ4n) is 3.00.